The van der Waals surface area contributed by atoms with Gasteiger partial charge in [-0.05, 0) is 49.8 Å². The number of hydrogen-bond donors (Lipinski definition) is 3. The fraction of sp³-hybridized carbons (Fsp3) is 0.655. The van der Waals surface area contributed by atoms with E-state index in [1.165, 1.54) is 4.31 Å². The molecule has 1 atom stereocenters. The molecule has 1 aromatic carbocycles. The molecule has 1 fully saturated rings. The molecule has 3 heterocycles. The number of alkyl halides is 5. The molecule has 1 saturated heterocycles. The highest BCUT2D eigenvalue weighted by Crippen LogP contribution is 2.39. The van der Waals surface area contributed by atoms with Gasteiger partial charge in [0, 0.05) is 43.0 Å². The Labute approximate surface area is 253 Å². The lowest BCUT2D eigenvalue weighted by molar-refractivity contribution is -0.284. The van der Waals surface area contributed by atoms with Crippen molar-refractivity contribution < 1.29 is 45.4 Å². The van der Waals surface area contributed by atoms with Crippen LogP contribution < -0.4 is 5.32 Å². The Morgan fingerprint density at radius 2 is 1.68 bits per heavy atom. The number of aliphatic imine (C=N–C) groups is 1. The van der Waals surface area contributed by atoms with E-state index >= 15 is 0 Å². The summed E-state index contributed by atoms with van der Waals surface area (Å²) in [7, 11) is -3.62. The summed E-state index contributed by atoms with van der Waals surface area (Å²) in [5.74, 6) is -4.57. The molecule has 0 saturated carbocycles. The zero-order valence-corrected chi connectivity index (χ0v) is 25.1. The topological polar surface area (TPSA) is 124 Å². The number of aliphatic hydroxyl groups excluding tert-OH is 2. The predicted octanol–water partition coefficient (Wildman–Crippen LogP) is 4.16. The van der Waals surface area contributed by atoms with Crippen molar-refractivity contribution in [1.29, 1.82) is 0 Å². The third-order valence-electron chi connectivity index (χ3n) is 8.44. The number of aliphatic hydroxyl groups is 2. The van der Waals surface area contributed by atoms with E-state index < -0.39 is 40.2 Å². The van der Waals surface area contributed by atoms with Gasteiger partial charge in [0.05, 0.1) is 25.0 Å². The molecule has 4 rings (SSSR count). The minimum absolute atomic E-state index is 0.113. The number of benzene rings is 1. The SMILES string of the molecule is O=C1NC(CCCCCCCC(F)(F)C(F)(F)F)=NC12CCN(S(=O)(=O)CCc1cccc3c1ccn3C[C@H](O)CO)CC2. The number of aromatic nitrogens is 1. The van der Waals surface area contributed by atoms with Crippen LogP contribution in [-0.2, 0) is 27.8 Å². The van der Waals surface area contributed by atoms with E-state index in [0.717, 1.165) is 16.5 Å². The summed E-state index contributed by atoms with van der Waals surface area (Å²) in [6.45, 7) is 0.145. The van der Waals surface area contributed by atoms with Crippen molar-refractivity contribution in [1.82, 2.24) is 14.2 Å². The third kappa shape index (κ3) is 7.96. The standard InChI is InChI=1S/C29H39F5N4O5S/c30-28(31,29(32,33)34)12-5-3-1-2-4-9-25-35-26(41)27(36-25)13-16-38(17-14-27)44(42,43)18-11-21-7-6-8-24-23(21)10-15-37(24)19-22(40)20-39/h6-8,10,15,22,39-40H,1-5,9,11-14,16-20H2,(H,35,36,41)/t22-/m0/s1. The lowest BCUT2D eigenvalue weighted by atomic mass is 9.89. The minimum atomic E-state index is -5.53. The molecule has 1 amide bonds. The van der Waals surface area contributed by atoms with Crippen LogP contribution in [0.3, 0.4) is 0 Å². The van der Waals surface area contributed by atoms with Crippen molar-refractivity contribution in [3.05, 3.63) is 36.0 Å². The number of halogens is 5. The molecular weight excluding hydrogens is 611 g/mol. The maximum Gasteiger partial charge on any atom is 0.453 e. The molecule has 44 heavy (non-hydrogen) atoms. The normalized spacial score (nSPS) is 18.6. The second-order valence-electron chi connectivity index (χ2n) is 11.6. The quantitative estimate of drug-likeness (QED) is 0.197. The van der Waals surface area contributed by atoms with Crippen LogP contribution in [0.25, 0.3) is 10.9 Å². The van der Waals surface area contributed by atoms with Gasteiger partial charge >= 0.3 is 12.1 Å². The lowest BCUT2D eigenvalue weighted by Crippen LogP contribution is -2.50. The van der Waals surface area contributed by atoms with E-state index in [-0.39, 0.29) is 70.0 Å². The number of amides is 1. The Bertz CT molecular complexity index is 1440. The second kappa shape index (κ2) is 13.8. The fourth-order valence-corrected chi connectivity index (χ4v) is 7.28. The number of amidine groups is 1. The lowest BCUT2D eigenvalue weighted by Gasteiger charge is -2.34. The number of rotatable bonds is 15. The summed E-state index contributed by atoms with van der Waals surface area (Å²) in [5, 5.41) is 22.6. The first kappa shape index (κ1) is 34.3. The van der Waals surface area contributed by atoms with Gasteiger partial charge in [0.25, 0.3) is 5.91 Å². The van der Waals surface area contributed by atoms with Gasteiger partial charge in [0.15, 0.2) is 0 Å². The molecule has 15 heteroatoms. The Kier molecular flexibility index (Phi) is 10.7. The molecule has 0 unspecified atom stereocenters. The summed E-state index contributed by atoms with van der Waals surface area (Å²) in [5.41, 5.74) is 0.650. The minimum Gasteiger partial charge on any atom is -0.394 e. The maximum atomic E-state index is 13.2. The number of hydrogen-bond acceptors (Lipinski definition) is 6. The van der Waals surface area contributed by atoms with Gasteiger partial charge in [-0.1, -0.05) is 31.4 Å². The molecule has 2 aromatic rings. The number of carbonyl (C=O) groups excluding carboxylic acids is 1. The Morgan fingerprint density at radius 1 is 1.00 bits per heavy atom. The molecule has 2 aliphatic rings. The Morgan fingerprint density at radius 3 is 2.36 bits per heavy atom. The number of nitrogens with one attached hydrogen (secondary N) is 1. The van der Waals surface area contributed by atoms with E-state index in [2.05, 4.69) is 10.3 Å². The van der Waals surface area contributed by atoms with Crippen LogP contribution in [0.1, 0.15) is 63.4 Å². The van der Waals surface area contributed by atoms with Crippen molar-refractivity contribution in [3.63, 3.8) is 0 Å². The highest BCUT2D eigenvalue weighted by atomic mass is 32.2. The molecule has 0 aliphatic carbocycles. The van der Waals surface area contributed by atoms with E-state index in [4.69, 9.17) is 5.11 Å². The zero-order valence-electron chi connectivity index (χ0n) is 24.3. The van der Waals surface area contributed by atoms with Crippen molar-refractivity contribution in [3.8, 4) is 0 Å². The van der Waals surface area contributed by atoms with Crippen LogP contribution in [0, 0.1) is 0 Å². The highest BCUT2D eigenvalue weighted by molar-refractivity contribution is 7.89. The van der Waals surface area contributed by atoms with Crippen LogP contribution in [0.2, 0.25) is 0 Å². The molecule has 1 spiro atoms. The highest BCUT2D eigenvalue weighted by Gasteiger charge is 2.56. The van der Waals surface area contributed by atoms with E-state index in [1.807, 2.05) is 28.8 Å². The van der Waals surface area contributed by atoms with E-state index in [1.54, 1.807) is 6.20 Å². The summed E-state index contributed by atoms with van der Waals surface area (Å²) in [6.07, 6.45) is -3.00. The summed E-state index contributed by atoms with van der Waals surface area (Å²) in [6, 6.07) is 7.42. The molecule has 2 aliphatic heterocycles. The third-order valence-corrected chi connectivity index (χ3v) is 10.3. The number of carbonyl (C=O) groups is 1. The van der Waals surface area contributed by atoms with Gasteiger partial charge in [-0.25, -0.2) is 12.7 Å². The second-order valence-corrected chi connectivity index (χ2v) is 13.7. The largest absolute Gasteiger partial charge is 0.453 e. The van der Waals surface area contributed by atoms with Crippen molar-refractivity contribution in [2.75, 3.05) is 25.4 Å². The van der Waals surface area contributed by atoms with Crippen LogP contribution in [0.4, 0.5) is 22.0 Å². The van der Waals surface area contributed by atoms with E-state index in [0.29, 0.717) is 31.5 Å². The monoisotopic (exact) mass is 650 g/mol. The summed E-state index contributed by atoms with van der Waals surface area (Å²) >= 11 is 0. The molecule has 0 bridgehead atoms. The molecule has 3 N–H and O–H groups in total. The van der Waals surface area contributed by atoms with Gasteiger partial charge in [-0.15, -0.1) is 0 Å². The number of fused-ring (bicyclic) bond motifs is 1. The van der Waals surface area contributed by atoms with Gasteiger partial charge in [-0.2, -0.15) is 22.0 Å². The van der Waals surface area contributed by atoms with Gasteiger partial charge in [-0.3, -0.25) is 9.79 Å². The van der Waals surface area contributed by atoms with E-state index in [9.17, 15) is 40.3 Å². The molecule has 9 nitrogen and oxygen atoms in total. The zero-order chi connectivity index (χ0) is 32.2. The first-order chi connectivity index (χ1) is 20.7. The number of aryl methyl sites for hydroxylation is 1. The van der Waals surface area contributed by atoms with Gasteiger partial charge in [0.2, 0.25) is 10.0 Å². The van der Waals surface area contributed by atoms with Crippen molar-refractivity contribution >= 4 is 32.7 Å². The van der Waals surface area contributed by atoms with Crippen molar-refractivity contribution in [2.45, 2.75) is 94.5 Å². The fourth-order valence-electron chi connectivity index (χ4n) is 5.80. The molecule has 1 aromatic heterocycles. The van der Waals surface area contributed by atoms with Crippen LogP contribution in [0.15, 0.2) is 35.5 Å². The summed E-state index contributed by atoms with van der Waals surface area (Å²) in [4.78, 5) is 17.4. The first-order valence-electron chi connectivity index (χ1n) is 14.9. The van der Waals surface area contributed by atoms with Gasteiger partial charge < -0.3 is 20.1 Å². The van der Waals surface area contributed by atoms with Crippen molar-refractivity contribution in [2.24, 2.45) is 4.99 Å². The number of nitrogens with zero attached hydrogens (tertiary/aromatic N) is 3. The molecular formula is C29H39F5N4O5S. The predicted molar refractivity (Wildman–Crippen MR) is 155 cm³/mol. The maximum absolute atomic E-state index is 13.2. The average Bonchev–Trinajstić information content (AvgIpc) is 3.51. The smallest absolute Gasteiger partial charge is 0.394 e. The number of piperidine rings is 1. The van der Waals surface area contributed by atoms with Crippen LogP contribution >= 0.6 is 0 Å². The summed E-state index contributed by atoms with van der Waals surface area (Å²) < 4.78 is 92.3. The number of sulfonamides is 1. The van der Waals surface area contributed by atoms with Crippen LogP contribution in [0.5, 0.6) is 0 Å². The average molecular weight is 651 g/mol. The molecule has 246 valence electrons. The number of unbranched alkanes of at least 4 members (excludes halogenated alkanes) is 4. The van der Waals surface area contributed by atoms with Crippen LogP contribution in [-0.4, -0.2) is 88.4 Å². The Balaban J connectivity index is 1.23. The first-order valence-corrected chi connectivity index (χ1v) is 16.5. The Hall–Kier alpha value is -2.62. The molecule has 0 radical (unpaired) electrons. The van der Waals surface area contributed by atoms with Gasteiger partial charge in [0.1, 0.15) is 11.4 Å².